The van der Waals surface area contributed by atoms with Gasteiger partial charge in [-0.05, 0) is 77.7 Å². The summed E-state index contributed by atoms with van der Waals surface area (Å²) in [5.74, 6) is 0.453. The van der Waals surface area contributed by atoms with Crippen LogP contribution in [0.15, 0.2) is 42.0 Å². The van der Waals surface area contributed by atoms with Gasteiger partial charge >= 0.3 is 5.97 Å². The van der Waals surface area contributed by atoms with E-state index >= 15 is 0 Å². The van der Waals surface area contributed by atoms with E-state index in [1.54, 1.807) is 13.2 Å². The minimum atomic E-state index is -0.371. The van der Waals surface area contributed by atoms with Crippen LogP contribution in [0.1, 0.15) is 59.4 Å². The number of methoxy groups -OCH3 is 1. The Labute approximate surface area is 203 Å². The van der Waals surface area contributed by atoms with Crippen LogP contribution in [-0.2, 0) is 23.7 Å². The van der Waals surface area contributed by atoms with Crippen LogP contribution in [0.3, 0.4) is 0 Å². The van der Waals surface area contributed by atoms with E-state index in [1.165, 1.54) is 11.6 Å². The summed E-state index contributed by atoms with van der Waals surface area (Å²) < 4.78 is 29.7. The van der Waals surface area contributed by atoms with Crippen molar-refractivity contribution >= 4 is 12.0 Å². The van der Waals surface area contributed by atoms with Crippen LogP contribution in [0, 0.1) is 5.92 Å². The Bertz CT molecular complexity index is 925. The molecule has 2 aliphatic heterocycles. The zero-order valence-corrected chi connectivity index (χ0v) is 21.2. The Morgan fingerprint density at radius 1 is 1.24 bits per heavy atom. The standard InChI is InChI=1S/C28H38O6/c1-18(2)7-13-23-27(5,34-23)26-25(30-6)22(15-16-28(26)17-31-28)33-24(29)14-10-20-8-11-21(12-9-20)32-19(3)4/h7-12,14,19,22-23,25-26H,13,15-17H2,1-6H3/b14-10+/t22-,23?,25-,26?,27?,28?/m1/s1. The molecule has 6 nitrogen and oxygen atoms in total. The van der Waals surface area contributed by atoms with Gasteiger partial charge in [-0.3, -0.25) is 0 Å². The Kier molecular flexibility index (Phi) is 7.22. The minimum Gasteiger partial charge on any atom is -0.491 e. The van der Waals surface area contributed by atoms with Crippen molar-refractivity contribution in [2.45, 2.75) is 89.5 Å². The molecule has 1 aromatic carbocycles. The van der Waals surface area contributed by atoms with E-state index in [1.807, 2.05) is 38.1 Å². The molecule has 1 spiro atoms. The molecule has 0 aromatic heterocycles. The van der Waals surface area contributed by atoms with Crippen LogP contribution in [0.2, 0.25) is 0 Å². The highest BCUT2D eigenvalue weighted by Crippen LogP contribution is 2.59. The zero-order valence-electron chi connectivity index (χ0n) is 21.2. The first-order chi connectivity index (χ1) is 16.2. The van der Waals surface area contributed by atoms with Crippen molar-refractivity contribution < 1.29 is 28.5 Å². The average Bonchev–Trinajstić information content (AvgIpc) is 3.70. The molecule has 0 N–H and O–H groups in total. The summed E-state index contributed by atoms with van der Waals surface area (Å²) >= 11 is 0. The number of carbonyl (C=O) groups is 1. The van der Waals surface area contributed by atoms with E-state index in [4.69, 9.17) is 23.7 Å². The third kappa shape index (κ3) is 5.40. The van der Waals surface area contributed by atoms with Gasteiger partial charge in [-0.25, -0.2) is 4.79 Å². The van der Waals surface area contributed by atoms with Gasteiger partial charge in [-0.15, -0.1) is 0 Å². The molecule has 0 radical (unpaired) electrons. The van der Waals surface area contributed by atoms with Gasteiger partial charge in [-0.2, -0.15) is 0 Å². The Hall–Kier alpha value is -2.15. The molecule has 1 aliphatic carbocycles. The molecule has 6 heteroatoms. The smallest absolute Gasteiger partial charge is 0.331 e. The van der Waals surface area contributed by atoms with Crippen LogP contribution < -0.4 is 4.74 Å². The van der Waals surface area contributed by atoms with E-state index in [0.29, 0.717) is 13.0 Å². The second-order valence-electron chi connectivity index (χ2n) is 10.4. The Morgan fingerprint density at radius 2 is 1.94 bits per heavy atom. The van der Waals surface area contributed by atoms with Crippen LogP contribution in [0.5, 0.6) is 5.75 Å². The van der Waals surface area contributed by atoms with Gasteiger partial charge in [0.1, 0.15) is 29.2 Å². The number of esters is 1. The molecule has 2 saturated heterocycles. The number of benzene rings is 1. The van der Waals surface area contributed by atoms with E-state index in [2.05, 4.69) is 26.8 Å². The van der Waals surface area contributed by atoms with Crippen molar-refractivity contribution in [1.82, 2.24) is 0 Å². The van der Waals surface area contributed by atoms with E-state index in [9.17, 15) is 4.79 Å². The van der Waals surface area contributed by atoms with Gasteiger partial charge in [0.2, 0.25) is 0 Å². The highest BCUT2D eigenvalue weighted by molar-refractivity contribution is 5.87. The lowest BCUT2D eigenvalue weighted by atomic mass is 9.68. The van der Waals surface area contributed by atoms with Crippen molar-refractivity contribution in [3.8, 4) is 5.75 Å². The topological polar surface area (TPSA) is 69.8 Å². The summed E-state index contributed by atoms with van der Waals surface area (Å²) in [6, 6.07) is 7.63. The predicted octanol–water partition coefficient (Wildman–Crippen LogP) is 5.11. The van der Waals surface area contributed by atoms with Gasteiger partial charge in [0.05, 0.1) is 24.7 Å². The molecule has 3 aliphatic rings. The number of carbonyl (C=O) groups excluding carboxylic acids is 1. The normalized spacial score (nSPS) is 34.3. The summed E-state index contributed by atoms with van der Waals surface area (Å²) in [6.45, 7) is 11.0. The fourth-order valence-electron chi connectivity index (χ4n) is 5.35. The SMILES string of the molecule is CO[C@H]1C(C2(C)OC2CC=C(C)C)C2(CC[C@H]1OC(=O)/C=C/c1ccc(OC(C)C)cc1)CO2. The summed E-state index contributed by atoms with van der Waals surface area (Å²) in [5, 5.41) is 0. The van der Waals surface area contributed by atoms with Gasteiger partial charge < -0.3 is 23.7 Å². The quantitative estimate of drug-likeness (QED) is 0.216. The number of epoxide rings is 2. The average molecular weight is 471 g/mol. The third-order valence-corrected chi connectivity index (χ3v) is 7.17. The summed E-state index contributed by atoms with van der Waals surface area (Å²) in [5.41, 5.74) is 1.62. The van der Waals surface area contributed by atoms with Crippen LogP contribution in [-0.4, -0.2) is 55.3 Å². The van der Waals surface area contributed by atoms with Crippen LogP contribution >= 0.6 is 0 Å². The lowest BCUT2D eigenvalue weighted by Crippen LogP contribution is -2.55. The predicted molar refractivity (Wildman–Crippen MR) is 131 cm³/mol. The largest absolute Gasteiger partial charge is 0.491 e. The number of hydrogen-bond acceptors (Lipinski definition) is 6. The maximum atomic E-state index is 12.7. The van der Waals surface area contributed by atoms with E-state index in [-0.39, 0.29) is 47.5 Å². The molecule has 186 valence electrons. The molecule has 4 rings (SSSR count). The summed E-state index contributed by atoms with van der Waals surface area (Å²) in [6.07, 6.45) is 7.51. The second kappa shape index (κ2) is 9.84. The zero-order chi connectivity index (χ0) is 24.5. The fraction of sp³-hybridized carbons (Fsp3) is 0.607. The number of ether oxygens (including phenoxy) is 5. The van der Waals surface area contributed by atoms with Crippen molar-refractivity contribution in [2.75, 3.05) is 13.7 Å². The molecular weight excluding hydrogens is 432 g/mol. The van der Waals surface area contributed by atoms with Crippen molar-refractivity contribution in [3.63, 3.8) is 0 Å². The minimum absolute atomic E-state index is 0.0181. The molecular formula is C28H38O6. The lowest BCUT2D eigenvalue weighted by molar-refractivity contribution is -0.166. The highest BCUT2D eigenvalue weighted by Gasteiger charge is 2.72. The third-order valence-electron chi connectivity index (χ3n) is 7.17. The van der Waals surface area contributed by atoms with Gasteiger partial charge in [-0.1, -0.05) is 23.8 Å². The number of hydrogen-bond donors (Lipinski definition) is 0. The van der Waals surface area contributed by atoms with E-state index < -0.39 is 0 Å². The first-order valence-electron chi connectivity index (χ1n) is 12.3. The maximum absolute atomic E-state index is 12.7. The second-order valence-corrected chi connectivity index (χ2v) is 10.4. The Balaban J connectivity index is 1.40. The van der Waals surface area contributed by atoms with Crippen molar-refractivity contribution in [1.29, 1.82) is 0 Å². The first kappa shape index (κ1) is 25.0. The molecule has 1 saturated carbocycles. The summed E-state index contributed by atoms with van der Waals surface area (Å²) in [7, 11) is 1.69. The number of rotatable bonds is 9. The molecule has 1 aromatic rings. The van der Waals surface area contributed by atoms with Gasteiger partial charge in [0.15, 0.2) is 0 Å². The molecule has 2 heterocycles. The molecule has 0 bridgehead atoms. The summed E-state index contributed by atoms with van der Waals surface area (Å²) in [4.78, 5) is 12.7. The van der Waals surface area contributed by atoms with Crippen molar-refractivity contribution in [3.05, 3.63) is 47.6 Å². The maximum Gasteiger partial charge on any atom is 0.331 e. The van der Waals surface area contributed by atoms with Crippen molar-refractivity contribution in [2.24, 2.45) is 5.92 Å². The highest BCUT2D eigenvalue weighted by atomic mass is 16.6. The fourth-order valence-corrected chi connectivity index (χ4v) is 5.35. The molecule has 3 fully saturated rings. The molecule has 4 unspecified atom stereocenters. The molecule has 34 heavy (non-hydrogen) atoms. The lowest BCUT2D eigenvalue weighted by Gasteiger charge is -2.42. The first-order valence-corrected chi connectivity index (χ1v) is 12.3. The van der Waals surface area contributed by atoms with Crippen LogP contribution in [0.4, 0.5) is 0 Å². The molecule has 0 amide bonds. The van der Waals surface area contributed by atoms with Crippen LogP contribution in [0.25, 0.3) is 6.08 Å². The van der Waals surface area contributed by atoms with Gasteiger partial charge in [0, 0.05) is 13.2 Å². The molecule has 6 atom stereocenters. The van der Waals surface area contributed by atoms with E-state index in [0.717, 1.165) is 24.2 Å². The monoisotopic (exact) mass is 470 g/mol. The van der Waals surface area contributed by atoms with Gasteiger partial charge in [0.25, 0.3) is 0 Å². The Morgan fingerprint density at radius 3 is 2.53 bits per heavy atom. The number of allylic oxidation sites excluding steroid dienone is 1.